The summed E-state index contributed by atoms with van der Waals surface area (Å²) in [5.41, 5.74) is 4.94. The van der Waals surface area contributed by atoms with Crippen molar-refractivity contribution in [1.82, 2.24) is 0 Å². The van der Waals surface area contributed by atoms with Crippen LogP contribution in [0.3, 0.4) is 0 Å². The summed E-state index contributed by atoms with van der Waals surface area (Å²) in [6, 6.07) is 0. The van der Waals surface area contributed by atoms with Crippen molar-refractivity contribution in [3.05, 3.63) is 11.4 Å². The highest BCUT2D eigenvalue weighted by atomic mass is 28.3. The fourth-order valence-corrected chi connectivity index (χ4v) is 4.50. The third kappa shape index (κ3) is 8.17. The normalized spacial score (nSPS) is 14.6. The lowest BCUT2D eigenvalue weighted by molar-refractivity contribution is 1.73. The van der Waals surface area contributed by atoms with Gasteiger partial charge in [0.2, 0.25) is 0 Å². The summed E-state index contributed by atoms with van der Waals surface area (Å²) < 4.78 is 0. The third-order valence-electron chi connectivity index (χ3n) is 1.08. The summed E-state index contributed by atoms with van der Waals surface area (Å²) in [5.74, 6) is 0. The van der Waals surface area contributed by atoms with Gasteiger partial charge in [0.25, 0.3) is 0 Å². The van der Waals surface area contributed by atoms with Crippen LogP contribution in [0, 0.1) is 0 Å². The van der Waals surface area contributed by atoms with Gasteiger partial charge in [0.1, 0.15) is 0 Å². The molecule has 0 aromatic carbocycles. The van der Waals surface area contributed by atoms with Crippen molar-refractivity contribution in [3.63, 3.8) is 0 Å². The van der Waals surface area contributed by atoms with Crippen LogP contribution >= 0.6 is 0 Å². The highest BCUT2D eigenvalue weighted by molar-refractivity contribution is 6.86. The molecule has 0 nitrogen and oxygen atoms in total. The second-order valence-electron chi connectivity index (χ2n) is 5.07. The SMILES string of the molecule is C[Si](C)(C)C=C[Si](C)(C)C. The average molecular weight is 172 g/mol. The van der Waals surface area contributed by atoms with Crippen LogP contribution < -0.4 is 0 Å². The van der Waals surface area contributed by atoms with Gasteiger partial charge in [-0.15, -0.1) is 11.4 Å². The zero-order chi connectivity index (χ0) is 8.41. The molecule has 0 N–H and O–H groups in total. The van der Waals surface area contributed by atoms with E-state index in [0.717, 1.165) is 0 Å². The monoisotopic (exact) mass is 172 g/mol. The average Bonchev–Trinajstić information content (AvgIpc) is 1.57. The van der Waals surface area contributed by atoms with Gasteiger partial charge in [-0.2, -0.15) is 0 Å². The molecule has 0 aromatic heterocycles. The first kappa shape index (κ1) is 10.2. The Kier molecular flexibility index (Phi) is 3.10. The van der Waals surface area contributed by atoms with Gasteiger partial charge in [-0.1, -0.05) is 39.3 Å². The third-order valence-corrected chi connectivity index (χ3v) is 3.75. The van der Waals surface area contributed by atoms with Crippen LogP contribution in [0.4, 0.5) is 0 Å². The van der Waals surface area contributed by atoms with Crippen LogP contribution in [0.5, 0.6) is 0 Å². The molecule has 0 spiro atoms. The molecule has 0 amide bonds. The summed E-state index contributed by atoms with van der Waals surface area (Å²) in [5, 5.41) is 0. The van der Waals surface area contributed by atoms with Gasteiger partial charge in [-0.05, 0) is 0 Å². The van der Waals surface area contributed by atoms with E-state index in [0.29, 0.717) is 0 Å². The van der Waals surface area contributed by atoms with E-state index in [1.807, 2.05) is 0 Å². The molecule has 0 saturated heterocycles. The van der Waals surface area contributed by atoms with Crippen molar-refractivity contribution in [2.75, 3.05) is 0 Å². The molecule has 0 fully saturated rings. The van der Waals surface area contributed by atoms with E-state index in [9.17, 15) is 0 Å². The van der Waals surface area contributed by atoms with E-state index in [-0.39, 0.29) is 0 Å². The maximum Gasteiger partial charge on any atom is 0.0677 e. The van der Waals surface area contributed by atoms with Gasteiger partial charge >= 0.3 is 0 Å². The molecule has 0 aliphatic carbocycles. The first-order chi connectivity index (χ1) is 4.21. The zero-order valence-corrected chi connectivity index (χ0v) is 10.2. The molecule has 2 heteroatoms. The molecular weight excluding hydrogens is 152 g/mol. The fourth-order valence-electron chi connectivity index (χ4n) is 0.500. The predicted molar refractivity (Wildman–Crippen MR) is 55.8 cm³/mol. The molecule has 0 bridgehead atoms. The van der Waals surface area contributed by atoms with Crippen molar-refractivity contribution in [1.29, 1.82) is 0 Å². The Hall–Kier alpha value is 0.174. The Balaban J connectivity index is 4.01. The summed E-state index contributed by atoms with van der Waals surface area (Å²) >= 11 is 0. The molecule has 0 radical (unpaired) electrons. The minimum atomic E-state index is -0.913. The van der Waals surface area contributed by atoms with Gasteiger partial charge in [-0.3, -0.25) is 0 Å². The van der Waals surface area contributed by atoms with Gasteiger partial charge < -0.3 is 0 Å². The Morgan fingerprint density at radius 2 is 0.800 bits per heavy atom. The molecular formula is C8H20Si2. The lowest BCUT2D eigenvalue weighted by atomic mass is 11.2. The molecule has 0 unspecified atom stereocenters. The molecule has 0 rings (SSSR count). The van der Waals surface area contributed by atoms with Crippen molar-refractivity contribution < 1.29 is 0 Å². The fraction of sp³-hybridized carbons (Fsp3) is 0.750. The van der Waals surface area contributed by atoms with Crippen molar-refractivity contribution >= 4 is 16.1 Å². The largest absolute Gasteiger partial charge is 0.103 e. The van der Waals surface area contributed by atoms with Crippen molar-refractivity contribution in [2.24, 2.45) is 0 Å². The van der Waals surface area contributed by atoms with Crippen LogP contribution in [-0.2, 0) is 0 Å². The summed E-state index contributed by atoms with van der Waals surface area (Å²) in [6.07, 6.45) is 0. The van der Waals surface area contributed by atoms with E-state index < -0.39 is 16.1 Å². The molecule has 0 saturated carbocycles. The molecule has 0 heterocycles. The van der Waals surface area contributed by atoms with E-state index in [2.05, 4.69) is 50.7 Å². The predicted octanol–water partition coefficient (Wildman–Crippen LogP) is 3.30. The molecule has 0 atom stereocenters. The second-order valence-corrected chi connectivity index (χ2v) is 15.2. The second kappa shape index (κ2) is 3.05. The minimum absolute atomic E-state index is 0.913. The van der Waals surface area contributed by atoms with E-state index in [4.69, 9.17) is 0 Å². The number of rotatable bonds is 2. The number of hydrogen-bond donors (Lipinski definition) is 0. The zero-order valence-electron chi connectivity index (χ0n) is 8.15. The molecule has 0 aliphatic heterocycles. The lowest BCUT2D eigenvalue weighted by Gasteiger charge is -2.13. The number of hydrogen-bond acceptors (Lipinski definition) is 0. The van der Waals surface area contributed by atoms with Crippen LogP contribution in [0.15, 0.2) is 11.4 Å². The van der Waals surface area contributed by atoms with Crippen molar-refractivity contribution in [3.8, 4) is 0 Å². The topological polar surface area (TPSA) is 0 Å². The first-order valence-corrected chi connectivity index (χ1v) is 11.1. The molecule has 10 heavy (non-hydrogen) atoms. The Morgan fingerprint density at radius 1 is 0.600 bits per heavy atom. The maximum absolute atomic E-state index is 2.47. The van der Waals surface area contributed by atoms with E-state index in [1.54, 1.807) is 0 Å². The van der Waals surface area contributed by atoms with Gasteiger partial charge in [0, 0.05) is 0 Å². The van der Waals surface area contributed by atoms with Gasteiger partial charge in [-0.25, -0.2) is 0 Å². The minimum Gasteiger partial charge on any atom is -0.103 e. The quantitative estimate of drug-likeness (QED) is 0.561. The molecule has 0 aliphatic rings. The molecule has 0 aromatic rings. The smallest absolute Gasteiger partial charge is 0.0677 e. The lowest BCUT2D eigenvalue weighted by Crippen LogP contribution is -2.21. The summed E-state index contributed by atoms with van der Waals surface area (Å²) in [6.45, 7) is 14.3. The van der Waals surface area contributed by atoms with Gasteiger partial charge in [0.05, 0.1) is 16.1 Å². The summed E-state index contributed by atoms with van der Waals surface area (Å²) in [7, 11) is -1.83. The highest BCUT2D eigenvalue weighted by Crippen LogP contribution is 2.07. The highest BCUT2D eigenvalue weighted by Gasteiger charge is 2.12. The van der Waals surface area contributed by atoms with E-state index >= 15 is 0 Å². The van der Waals surface area contributed by atoms with Crippen LogP contribution in [0.25, 0.3) is 0 Å². The standard InChI is InChI=1S/C8H20Si2/c1-9(2,3)7-8-10(4,5)6/h7-8H,1-6H3. The van der Waals surface area contributed by atoms with Crippen molar-refractivity contribution in [2.45, 2.75) is 39.3 Å². The maximum atomic E-state index is 2.47. The Bertz CT molecular complexity index is 107. The summed E-state index contributed by atoms with van der Waals surface area (Å²) in [4.78, 5) is 0. The van der Waals surface area contributed by atoms with Gasteiger partial charge in [0.15, 0.2) is 0 Å². The Labute approximate surface area is 67.4 Å². The van der Waals surface area contributed by atoms with E-state index in [1.165, 1.54) is 0 Å². The van der Waals surface area contributed by atoms with Crippen LogP contribution in [0.2, 0.25) is 39.3 Å². The van der Waals surface area contributed by atoms with Crippen LogP contribution in [-0.4, -0.2) is 16.1 Å². The first-order valence-electron chi connectivity index (χ1n) is 3.91. The Morgan fingerprint density at radius 3 is 0.900 bits per heavy atom. The molecule has 60 valence electrons. The van der Waals surface area contributed by atoms with Crippen LogP contribution in [0.1, 0.15) is 0 Å².